The maximum Gasteiger partial charge on any atom is 0.343 e. The molecule has 0 atom stereocenters. The molecule has 0 N–H and O–H groups in total. The Bertz CT molecular complexity index is 1130. The number of ether oxygens (including phenoxy) is 1. The van der Waals surface area contributed by atoms with E-state index in [2.05, 4.69) is 0 Å². The Labute approximate surface area is 206 Å². The minimum atomic E-state index is -3.76. The van der Waals surface area contributed by atoms with Gasteiger partial charge in [0.25, 0.3) is 0 Å². The topological polar surface area (TPSA) is 101 Å². The van der Waals surface area contributed by atoms with Gasteiger partial charge in [-0.15, -0.1) is 0 Å². The van der Waals surface area contributed by atoms with Gasteiger partial charge in [-0.2, -0.15) is 0 Å². The first kappa shape index (κ1) is 26.4. The zero-order valence-electron chi connectivity index (χ0n) is 20.0. The van der Waals surface area contributed by atoms with E-state index in [1.54, 1.807) is 66.4 Å². The van der Waals surface area contributed by atoms with Crippen molar-refractivity contribution in [2.45, 2.75) is 45.4 Å². The first-order valence-corrected chi connectivity index (χ1v) is 13.6. The summed E-state index contributed by atoms with van der Waals surface area (Å²) in [5.74, 6) is -0.721. The predicted molar refractivity (Wildman–Crippen MR) is 132 cm³/mol. The van der Waals surface area contributed by atoms with E-state index in [9.17, 15) is 22.8 Å². The van der Waals surface area contributed by atoms with Gasteiger partial charge in [-0.1, -0.05) is 43.3 Å². The molecule has 188 valence electrons. The molecule has 35 heavy (non-hydrogen) atoms. The van der Waals surface area contributed by atoms with Gasteiger partial charge in [-0.25, -0.2) is 17.5 Å². The molecule has 3 rings (SSSR count). The molecule has 2 amide bonds. The SMILES string of the molecule is CCCS(=O)(=O)N(CCCN1CCCC1=O)C(=O)CCc1ccccc1OC(=O)c1ccccc1. The van der Waals surface area contributed by atoms with Crippen LogP contribution >= 0.6 is 0 Å². The van der Waals surface area contributed by atoms with Crippen LogP contribution in [0.15, 0.2) is 54.6 Å². The van der Waals surface area contributed by atoms with Crippen LogP contribution in [0.4, 0.5) is 0 Å². The molecule has 0 bridgehead atoms. The van der Waals surface area contributed by atoms with Crippen LogP contribution in [0.2, 0.25) is 0 Å². The summed E-state index contributed by atoms with van der Waals surface area (Å²) in [7, 11) is -3.76. The summed E-state index contributed by atoms with van der Waals surface area (Å²) in [4.78, 5) is 39.1. The molecule has 1 heterocycles. The van der Waals surface area contributed by atoms with Crippen molar-refractivity contribution < 1.29 is 27.5 Å². The number of hydrogen-bond acceptors (Lipinski definition) is 6. The molecule has 2 aromatic rings. The molecule has 1 saturated heterocycles. The van der Waals surface area contributed by atoms with E-state index < -0.39 is 21.9 Å². The van der Waals surface area contributed by atoms with Crippen LogP contribution < -0.4 is 4.74 Å². The molecule has 0 aromatic heterocycles. The van der Waals surface area contributed by atoms with Crippen molar-refractivity contribution in [3.05, 3.63) is 65.7 Å². The Morgan fingerprint density at radius 2 is 1.77 bits per heavy atom. The van der Waals surface area contributed by atoms with Gasteiger partial charge >= 0.3 is 5.97 Å². The summed E-state index contributed by atoms with van der Waals surface area (Å²) in [5, 5.41) is 0. The number of likely N-dealkylation sites (tertiary alicyclic amines) is 1. The van der Waals surface area contributed by atoms with E-state index in [1.807, 2.05) is 0 Å². The van der Waals surface area contributed by atoms with Crippen LogP contribution in [0.1, 0.15) is 54.9 Å². The standard InChI is InChI=1S/C26H32N2O6S/c1-2-20-35(32,33)28(19-9-18-27-17-8-14-24(27)29)25(30)16-15-21-10-6-7-13-23(21)34-26(31)22-11-4-3-5-12-22/h3-7,10-13H,2,8-9,14-20H2,1H3. The van der Waals surface area contributed by atoms with Crippen LogP contribution in [0.5, 0.6) is 5.75 Å². The summed E-state index contributed by atoms with van der Waals surface area (Å²) in [6.45, 7) is 2.89. The Balaban J connectivity index is 1.65. The Hall–Kier alpha value is -3.20. The van der Waals surface area contributed by atoms with E-state index in [0.29, 0.717) is 49.2 Å². The lowest BCUT2D eigenvalue weighted by Gasteiger charge is -2.24. The highest BCUT2D eigenvalue weighted by Crippen LogP contribution is 2.22. The number of carbonyl (C=O) groups is 3. The third-order valence-corrected chi connectivity index (χ3v) is 7.81. The van der Waals surface area contributed by atoms with Crippen molar-refractivity contribution in [2.75, 3.05) is 25.4 Å². The lowest BCUT2D eigenvalue weighted by molar-refractivity contribution is -0.127. The summed E-state index contributed by atoms with van der Waals surface area (Å²) in [6, 6.07) is 15.5. The summed E-state index contributed by atoms with van der Waals surface area (Å²) in [5.41, 5.74) is 1.05. The number of nitrogens with zero attached hydrogens (tertiary/aromatic N) is 2. The van der Waals surface area contributed by atoms with Crippen molar-refractivity contribution in [2.24, 2.45) is 0 Å². The maximum absolute atomic E-state index is 13.0. The third-order valence-electron chi connectivity index (χ3n) is 5.83. The molecule has 1 aliphatic heterocycles. The molecule has 0 radical (unpaired) electrons. The molecule has 0 aliphatic carbocycles. The Kier molecular flexibility index (Phi) is 9.42. The molecule has 9 heteroatoms. The minimum absolute atomic E-state index is 0.0373. The van der Waals surface area contributed by atoms with Gasteiger partial charge in [0.15, 0.2) is 0 Å². The summed E-state index contributed by atoms with van der Waals surface area (Å²) >= 11 is 0. The number of amides is 2. The van der Waals surface area contributed by atoms with Crippen molar-refractivity contribution >= 4 is 27.8 Å². The molecule has 1 aliphatic rings. The van der Waals surface area contributed by atoms with Gasteiger partial charge in [-0.05, 0) is 49.4 Å². The van der Waals surface area contributed by atoms with Crippen LogP contribution in [0.3, 0.4) is 0 Å². The fourth-order valence-electron chi connectivity index (χ4n) is 4.04. The molecule has 2 aromatic carbocycles. The first-order chi connectivity index (χ1) is 16.8. The second-order valence-electron chi connectivity index (χ2n) is 8.48. The van der Waals surface area contributed by atoms with Crippen LogP contribution in [0, 0.1) is 0 Å². The number of benzene rings is 2. The smallest absolute Gasteiger partial charge is 0.343 e. The number of hydrogen-bond donors (Lipinski definition) is 0. The average molecular weight is 501 g/mol. The Morgan fingerprint density at radius 3 is 2.46 bits per heavy atom. The zero-order valence-corrected chi connectivity index (χ0v) is 20.8. The van der Waals surface area contributed by atoms with Crippen LogP contribution in [-0.4, -0.2) is 60.8 Å². The minimum Gasteiger partial charge on any atom is -0.423 e. The molecule has 0 spiro atoms. The quantitative estimate of drug-likeness (QED) is 0.327. The average Bonchev–Trinajstić information content (AvgIpc) is 3.26. The Morgan fingerprint density at radius 1 is 1.06 bits per heavy atom. The molecular weight excluding hydrogens is 468 g/mol. The van der Waals surface area contributed by atoms with Gasteiger partial charge in [0.1, 0.15) is 5.75 Å². The van der Waals surface area contributed by atoms with E-state index >= 15 is 0 Å². The van der Waals surface area contributed by atoms with Crippen LogP contribution in [-0.2, 0) is 26.0 Å². The van der Waals surface area contributed by atoms with Gasteiger partial charge < -0.3 is 9.64 Å². The number of esters is 1. The summed E-state index contributed by atoms with van der Waals surface area (Å²) < 4.78 is 32.1. The molecular formula is C26H32N2O6S. The molecule has 8 nitrogen and oxygen atoms in total. The number of para-hydroxylation sites is 1. The van der Waals surface area contributed by atoms with Gasteiger partial charge in [0.05, 0.1) is 11.3 Å². The van der Waals surface area contributed by atoms with Crippen molar-refractivity contribution in [1.29, 1.82) is 0 Å². The first-order valence-electron chi connectivity index (χ1n) is 12.0. The highest BCUT2D eigenvalue weighted by Gasteiger charge is 2.27. The maximum atomic E-state index is 13.0. The number of carbonyl (C=O) groups excluding carboxylic acids is 3. The largest absolute Gasteiger partial charge is 0.423 e. The highest BCUT2D eigenvalue weighted by atomic mass is 32.2. The van der Waals surface area contributed by atoms with Crippen LogP contribution in [0.25, 0.3) is 0 Å². The van der Waals surface area contributed by atoms with Crippen molar-refractivity contribution in [3.8, 4) is 5.75 Å². The number of aryl methyl sites for hydroxylation is 1. The number of sulfonamides is 1. The van der Waals surface area contributed by atoms with E-state index in [4.69, 9.17) is 4.74 Å². The monoisotopic (exact) mass is 500 g/mol. The molecule has 0 saturated carbocycles. The fourth-order valence-corrected chi connectivity index (χ4v) is 5.59. The van der Waals surface area contributed by atoms with Gasteiger partial charge in [0.2, 0.25) is 21.8 Å². The van der Waals surface area contributed by atoms with Gasteiger partial charge in [-0.3, -0.25) is 9.59 Å². The van der Waals surface area contributed by atoms with Crippen molar-refractivity contribution in [3.63, 3.8) is 0 Å². The molecule has 1 fully saturated rings. The highest BCUT2D eigenvalue weighted by molar-refractivity contribution is 7.89. The summed E-state index contributed by atoms with van der Waals surface area (Å²) in [6.07, 6.45) is 2.29. The predicted octanol–water partition coefficient (Wildman–Crippen LogP) is 3.42. The van der Waals surface area contributed by atoms with E-state index in [1.165, 1.54) is 0 Å². The normalized spacial score (nSPS) is 13.6. The molecule has 0 unspecified atom stereocenters. The second kappa shape index (κ2) is 12.5. The van der Waals surface area contributed by atoms with E-state index in [0.717, 1.165) is 10.7 Å². The fraction of sp³-hybridized carbons (Fsp3) is 0.423. The zero-order chi connectivity index (χ0) is 25.3. The van der Waals surface area contributed by atoms with Gasteiger partial charge in [0, 0.05) is 32.5 Å². The van der Waals surface area contributed by atoms with E-state index in [-0.39, 0.29) is 31.0 Å². The second-order valence-corrected chi connectivity index (χ2v) is 10.5. The van der Waals surface area contributed by atoms with Crippen molar-refractivity contribution in [1.82, 2.24) is 9.21 Å². The third kappa shape index (κ3) is 7.39. The lowest BCUT2D eigenvalue weighted by Crippen LogP contribution is -2.40. The number of rotatable bonds is 12. The lowest BCUT2D eigenvalue weighted by atomic mass is 10.1.